The first-order valence-electron chi connectivity index (χ1n) is 6.33. The van der Waals surface area contributed by atoms with Crippen LogP contribution in [0.5, 0.6) is 0 Å². The van der Waals surface area contributed by atoms with Crippen molar-refractivity contribution in [3.63, 3.8) is 0 Å². The van der Waals surface area contributed by atoms with Gasteiger partial charge in [0.15, 0.2) is 0 Å². The zero-order valence-electron chi connectivity index (χ0n) is 12.2. The Morgan fingerprint density at radius 3 is 2.63 bits per heavy atom. The molecule has 1 aromatic rings. The fraction of sp³-hybridized carbons (Fsp3) is 0.571. The SMILES string of the molecule is CC(NCc1cc(C#N)n(C)c1)C(=O)NC(C)(C)C. The van der Waals surface area contributed by atoms with E-state index in [0.717, 1.165) is 5.56 Å². The minimum atomic E-state index is -0.273. The molecular weight excluding hydrogens is 240 g/mol. The van der Waals surface area contributed by atoms with Crippen LogP contribution in [0.25, 0.3) is 0 Å². The average Bonchev–Trinajstić information content (AvgIpc) is 2.64. The summed E-state index contributed by atoms with van der Waals surface area (Å²) in [6.07, 6.45) is 1.89. The zero-order chi connectivity index (χ0) is 14.6. The van der Waals surface area contributed by atoms with Crippen LogP contribution in [0.15, 0.2) is 12.3 Å². The molecule has 1 amide bonds. The number of aromatic nitrogens is 1. The van der Waals surface area contributed by atoms with Crippen molar-refractivity contribution in [2.24, 2.45) is 7.05 Å². The Morgan fingerprint density at radius 1 is 1.53 bits per heavy atom. The van der Waals surface area contributed by atoms with Crippen LogP contribution >= 0.6 is 0 Å². The van der Waals surface area contributed by atoms with Gasteiger partial charge in [-0.15, -0.1) is 0 Å². The molecular formula is C14H22N4O. The Kier molecular flexibility index (Phi) is 4.73. The number of amides is 1. The van der Waals surface area contributed by atoms with Crippen LogP contribution in [0.4, 0.5) is 0 Å². The Hall–Kier alpha value is -1.80. The summed E-state index contributed by atoms with van der Waals surface area (Å²) in [5.41, 5.74) is 1.38. The van der Waals surface area contributed by atoms with Crippen LogP contribution < -0.4 is 10.6 Å². The lowest BCUT2D eigenvalue weighted by atomic mass is 10.1. The third kappa shape index (κ3) is 4.76. The first-order valence-corrected chi connectivity index (χ1v) is 6.33. The zero-order valence-corrected chi connectivity index (χ0v) is 12.2. The highest BCUT2D eigenvalue weighted by atomic mass is 16.2. The fourth-order valence-electron chi connectivity index (χ4n) is 1.68. The molecule has 0 aliphatic heterocycles. The van der Waals surface area contributed by atoms with Crippen LogP contribution in [0.3, 0.4) is 0 Å². The van der Waals surface area contributed by atoms with Crippen molar-refractivity contribution in [1.29, 1.82) is 5.26 Å². The van der Waals surface area contributed by atoms with Gasteiger partial charge in [-0.05, 0) is 39.3 Å². The van der Waals surface area contributed by atoms with Crippen molar-refractivity contribution < 1.29 is 4.79 Å². The van der Waals surface area contributed by atoms with E-state index in [4.69, 9.17) is 5.26 Å². The Labute approximate surface area is 114 Å². The van der Waals surface area contributed by atoms with E-state index >= 15 is 0 Å². The largest absolute Gasteiger partial charge is 0.350 e. The number of rotatable bonds is 4. The molecule has 19 heavy (non-hydrogen) atoms. The van der Waals surface area contributed by atoms with E-state index in [1.54, 1.807) is 4.57 Å². The van der Waals surface area contributed by atoms with Gasteiger partial charge in [-0.1, -0.05) is 0 Å². The van der Waals surface area contributed by atoms with Crippen LogP contribution in [0.1, 0.15) is 39.0 Å². The van der Waals surface area contributed by atoms with E-state index in [1.807, 2.05) is 47.0 Å². The summed E-state index contributed by atoms with van der Waals surface area (Å²) in [5, 5.41) is 14.9. The van der Waals surface area contributed by atoms with Gasteiger partial charge in [-0.2, -0.15) is 5.26 Å². The molecule has 0 fully saturated rings. The van der Waals surface area contributed by atoms with Gasteiger partial charge < -0.3 is 15.2 Å². The van der Waals surface area contributed by atoms with E-state index in [0.29, 0.717) is 12.2 Å². The number of carbonyl (C=O) groups is 1. The second kappa shape index (κ2) is 5.89. The monoisotopic (exact) mass is 262 g/mol. The molecule has 2 N–H and O–H groups in total. The molecule has 0 spiro atoms. The maximum Gasteiger partial charge on any atom is 0.237 e. The van der Waals surface area contributed by atoms with Gasteiger partial charge in [0.1, 0.15) is 11.8 Å². The standard InChI is InChI=1S/C14H22N4O/c1-10(13(19)17-14(2,3)4)16-8-11-6-12(7-15)18(5)9-11/h6,9-10,16H,8H2,1-5H3,(H,17,19). The molecule has 1 atom stereocenters. The van der Waals surface area contributed by atoms with E-state index in [2.05, 4.69) is 16.7 Å². The predicted molar refractivity (Wildman–Crippen MR) is 74.3 cm³/mol. The van der Waals surface area contributed by atoms with Crippen molar-refractivity contribution in [2.75, 3.05) is 0 Å². The van der Waals surface area contributed by atoms with Crippen molar-refractivity contribution in [1.82, 2.24) is 15.2 Å². The molecule has 0 aliphatic carbocycles. The minimum Gasteiger partial charge on any atom is -0.350 e. The maximum atomic E-state index is 11.9. The van der Waals surface area contributed by atoms with Crippen molar-refractivity contribution >= 4 is 5.91 Å². The molecule has 0 aliphatic rings. The summed E-state index contributed by atoms with van der Waals surface area (Å²) in [6, 6.07) is 3.66. The van der Waals surface area contributed by atoms with Gasteiger partial charge in [0.25, 0.3) is 0 Å². The van der Waals surface area contributed by atoms with E-state index in [-0.39, 0.29) is 17.5 Å². The lowest BCUT2D eigenvalue weighted by Gasteiger charge is -2.23. The first kappa shape index (κ1) is 15.3. The molecule has 1 rings (SSSR count). The van der Waals surface area contributed by atoms with E-state index in [1.165, 1.54) is 0 Å². The molecule has 1 heterocycles. The lowest BCUT2D eigenvalue weighted by Crippen LogP contribution is -2.49. The molecule has 0 aromatic carbocycles. The number of nitrogens with zero attached hydrogens (tertiary/aromatic N) is 2. The summed E-state index contributed by atoms with van der Waals surface area (Å²) in [6.45, 7) is 8.25. The fourth-order valence-corrected chi connectivity index (χ4v) is 1.68. The van der Waals surface area contributed by atoms with E-state index < -0.39 is 0 Å². The van der Waals surface area contributed by atoms with Crippen LogP contribution in [-0.4, -0.2) is 22.1 Å². The maximum absolute atomic E-state index is 11.9. The number of hydrogen-bond donors (Lipinski definition) is 2. The second-order valence-corrected chi connectivity index (χ2v) is 5.80. The summed E-state index contributed by atoms with van der Waals surface area (Å²) in [7, 11) is 1.83. The molecule has 1 aromatic heterocycles. The summed E-state index contributed by atoms with van der Waals surface area (Å²) in [5.74, 6) is -0.0241. The predicted octanol–water partition coefficient (Wildman–Crippen LogP) is 1.29. The Bertz CT molecular complexity index is 491. The van der Waals surface area contributed by atoms with Gasteiger partial charge in [-0.25, -0.2) is 0 Å². The average molecular weight is 262 g/mol. The molecule has 104 valence electrons. The summed E-state index contributed by atoms with van der Waals surface area (Å²) < 4.78 is 1.77. The van der Waals surface area contributed by atoms with Gasteiger partial charge in [0.2, 0.25) is 5.91 Å². The van der Waals surface area contributed by atoms with Crippen molar-refractivity contribution in [2.45, 2.75) is 45.8 Å². The number of carbonyl (C=O) groups excluding carboxylic acids is 1. The third-order valence-electron chi connectivity index (χ3n) is 2.68. The van der Waals surface area contributed by atoms with Gasteiger partial charge in [-0.3, -0.25) is 4.79 Å². The smallest absolute Gasteiger partial charge is 0.237 e. The van der Waals surface area contributed by atoms with Gasteiger partial charge >= 0.3 is 0 Å². The topological polar surface area (TPSA) is 69.8 Å². The second-order valence-electron chi connectivity index (χ2n) is 5.80. The van der Waals surface area contributed by atoms with Gasteiger partial charge in [0.05, 0.1) is 6.04 Å². The quantitative estimate of drug-likeness (QED) is 0.859. The number of nitriles is 1. The van der Waals surface area contributed by atoms with Crippen LogP contribution in [0.2, 0.25) is 0 Å². The Morgan fingerprint density at radius 2 is 2.16 bits per heavy atom. The lowest BCUT2D eigenvalue weighted by molar-refractivity contribution is -0.124. The van der Waals surface area contributed by atoms with Crippen molar-refractivity contribution in [3.8, 4) is 6.07 Å². The normalized spacial score (nSPS) is 12.8. The molecule has 1 unspecified atom stereocenters. The van der Waals surface area contributed by atoms with Crippen molar-refractivity contribution in [3.05, 3.63) is 23.5 Å². The number of hydrogen-bond acceptors (Lipinski definition) is 3. The number of nitrogens with one attached hydrogen (secondary N) is 2. The van der Waals surface area contributed by atoms with Gasteiger partial charge in [0, 0.05) is 25.3 Å². The van der Waals surface area contributed by atoms with Crippen LogP contribution in [0, 0.1) is 11.3 Å². The summed E-state index contributed by atoms with van der Waals surface area (Å²) in [4.78, 5) is 11.9. The number of aryl methyl sites for hydroxylation is 1. The molecule has 0 saturated heterocycles. The van der Waals surface area contributed by atoms with Crippen LogP contribution in [-0.2, 0) is 18.4 Å². The third-order valence-corrected chi connectivity index (χ3v) is 2.68. The molecule has 0 saturated carbocycles. The summed E-state index contributed by atoms with van der Waals surface area (Å²) >= 11 is 0. The highest BCUT2D eigenvalue weighted by molar-refractivity contribution is 5.81. The van der Waals surface area contributed by atoms with E-state index in [9.17, 15) is 4.79 Å². The minimum absolute atomic E-state index is 0.0241. The molecule has 0 radical (unpaired) electrons. The Balaban J connectivity index is 2.52. The highest BCUT2D eigenvalue weighted by Crippen LogP contribution is 2.06. The molecule has 5 nitrogen and oxygen atoms in total. The molecule has 0 bridgehead atoms. The first-order chi connectivity index (χ1) is 8.73. The highest BCUT2D eigenvalue weighted by Gasteiger charge is 2.18. The molecule has 5 heteroatoms.